The molecule has 250 valence electrons. The van der Waals surface area contributed by atoms with Gasteiger partial charge < -0.3 is 8.83 Å². The topological polar surface area (TPSA) is 26.3 Å². The maximum absolute atomic E-state index is 6.62. The lowest BCUT2D eigenvalue weighted by molar-refractivity contribution is 0.663. The first-order valence-electron chi connectivity index (χ1n) is 18.5. The van der Waals surface area contributed by atoms with Crippen LogP contribution in [0.15, 0.2) is 191 Å². The minimum Gasteiger partial charge on any atom is -0.455 e. The van der Waals surface area contributed by atoms with E-state index in [1.807, 2.05) is 12.1 Å². The second-order valence-electron chi connectivity index (χ2n) is 14.4. The third-order valence-corrected chi connectivity index (χ3v) is 11.4. The highest BCUT2D eigenvalue weighted by atomic mass is 16.3. The molecule has 0 unspecified atom stereocenters. The number of fused-ring (bicyclic) bond motifs is 12. The highest BCUT2D eigenvalue weighted by Crippen LogP contribution is 2.45. The largest absolute Gasteiger partial charge is 0.455 e. The zero-order chi connectivity index (χ0) is 35.3. The second kappa shape index (κ2) is 11.2. The van der Waals surface area contributed by atoms with E-state index in [4.69, 9.17) is 8.83 Å². The highest BCUT2D eigenvalue weighted by Gasteiger charge is 2.19. The summed E-state index contributed by atoms with van der Waals surface area (Å²) in [7, 11) is 0. The van der Waals surface area contributed by atoms with Gasteiger partial charge in [-0.3, -0.25) is 0 Å². The molecule has 0 bridgehead atoms. The summed E-state index contributed by atoms with van der Waals surface area (Å²) in [5.41, 5.74) is 10.8. The van der Waals surface area contributed by atoms with E-state index >= 15 is 0 Å². The Balaban J connectivity index is 0.999. The molecule has 2 nitrogen and oxygen atoms in total. The van der Waals surface area contributed by atoms with Crippen molar-refractivity contribution in [3.8, 4) is 33.4 Å². The van der Waals surface area contributed by atoms with Crippen molar-refractivity contribution in [3.05, 3.63) is 182 Å². The predicted molar refractivity (Wildman–Crippen MR) is 227 cm³/mol. The van der Waals surface area contributed by atoms with E-state index < -0.39 is 0 Å². The normalized spacial score (nSPS) is 12.1. The molecule has 0 atom stereocenters. The SMILES string of the molecule is c1ccc2cc(-c3c4ccccc4c(-c4ccc(-c5ccc6oc7c(ccc8ccc9c%10ccccc%10oc9c87)c6c5)cc4)c4ccccc34)ccc2c1. The van der Waals surface area contributed by atoms with E-state index in [0.29, 0.717) is 0 Å². The number of hydrogen-bond acceptors (Lipinski definition) is 2. The van der Waals surface area contributed by atoms with Crippen molar-refractivity contribution in [2.75, 3.05) is 0 Å². The van der Waals surface area contributed by atoms with Crippen molar-refractivity contribution >= 4 is 87.0 Å². The van der Waals surface area contributed by atoms with Gasteiger partial charge in [0.2, 0.25) is 0 Å². The smallest absolute Gasteiger partial charge is 0.147 e. The van der Waals surface area contributed by atoms with Gasteiger partial charge in [-0.15, -0.1) is 0 Å². The molecule has 2 aromatic heterocycles. The van der Waals surface area contributed by atoms with Crippen molar-refractivity contribution in [2.24, 2.45) is 0 Å². The number of para-hydroxylation sites is 1. The van der Waals surface area contributed by atoms with Gasteiger partial charge in [-0.2, -0.15) is 0 Å². The minimum atomic E-state index is 0.866. The lowest BCUT2D eigenvalue weighted by Crippen LogP contribution is -1.91. The van der Waals surface area contributed by atoms with E-state index in [9.17, 15) is 0 Å². The third-order valence-electron chi connectivity index (χ3n) is 11.4. The van der Waals surface area contributed by atoms with Crippen LogP contribution in [-0.2, 0) is 0 Å². The maximum Gasteiger partial charge on any atom is 0.147 e. The van der Waals surface area contributed by atoms with Crippen LogP contribution in [0.25, 0.3) is 120 Å². The van der Waals surface area contributed by atoms with Crippen molar-refractivity contribution in [2.45, 2.75) is 0 Å². The molecular weight excluding hydrogens is 657 g/mol. The number of furan rings is 2. The van der Waals surface area contributed by atoms with Crippen LogP contribution in [0.1, 0.15) is 0 Å². The molecule has 0 aliphatic rings. The Hall–Kier alpha value is -7.16. The molecule has 12 rings (SSSR count). The molecule has 0 aliphatic heterocycles. The Morgan fingerprint density at radius 1 is 0.259 bits per heavy atom. The summed E-state index contributed by atoms with van der Waals surface area (Å²) in [6, 6.07) is 65.7. The first-order valence-corrected chi connectivity index (χ1v) is 18.5. The van der Waals surface area contributed by atoms with Crippen molar-refractivity contribution in [1.82, 2.24) is 0 Å². The average molecular weight is 687 g/mol. The summed E-state index contributed by atoms with van der Waals surface area (Å²) >= 11 is 0. The van der Waals surface area contributed by atoms with Crippen LogP contribution in [0.4, 0.5) is 0 Å². The van der Waals surface area contributed by atoms with E-state index in [2.05, 4.69) is 170 Å². The van der Waals surface area contributed by atoms with Gasteiger partial charge in [0.25, 0.3) is 0 Å². The summed E-state index contributed by atoms with van der Waals surface area (Å²) in [5.74, 6) is 0. The Bertz CT molecular complexity index is 3430. The van der Waals surface area contributed by atoms with Gasteiger partial charge in [0, 0.05) is 21.5 Å². The minimum absolute atomic E-state index is 0.866. The van der Waals surface area contributed by atoms with Gasteiger partial charge in [0.15, 0.2) is 0 Å². The molecule has 54 heavy (non-hydrogen) atoms. The lowest BCUT2D eigenvalue weighted by atomic mass is 9.85. The van der Waals surface area contributed by atoms with Gasteiger partial charge in [0.05, 0.1) is 5.39 Å². The summed E-state index contributed by atoms with van der Waals surface area (Å²) in [4.78, 5) is 0. The van der Waals surface area contributed by atoms with E-state index in [-0.39, 0.29) is 0 Å². The fourth-order valence-electron chi connectivity index (χ4n) is 8.92. The number of benzene rings is 10. The number of hydrogen-bond donors (Lipinski definition) is 0. The molecule has 0 saturated carbocycles. The maximum atomic E-state index is 6.62. The zero-order valence-corrected chi connectivity index (χ0v) is 29.1. The summed E-state index contributed by atoms with van der Waals surface area (Å²) in [6.07, 6.45) is 0. The first-order chi connectivity index (χ1) is 26.8. The average Bonchev–Trinajstić information content (AvgIpc) is 3.81. The first kappa shape index (κ1) is 29.4. The quantitative estimate of drug-likeness (QED) is 0.173. The molecule has 0 aliphatic carbocycles. The Labute approximate surface area is 310 Å². The molecule has 12 aromatic rings. The molecule has 0 fully saturated rings. The summed E-state index contributed by atoms with van der Waals surface area (Å²) in [6.45, 7) is 0. The van der Waals surface area contributed by atoms with Gasteiger partial charge in [0.1, 0.15) is 22.3 Å². The summed E-state index contributed by atoms with van der Waals surface area (Å²) in [5, 5.41) is 14.1. The molecule has 0 radical (unpaired) electrons. The van der Waals surface area contributed by atoms with Crippen LogP contribution >= 0.6 is 0 Å². The molecule has 2 heteroatoms. The highest BCUT2D eigenvalue weighted by molar-refractivity contribution is 6.25. The lowest BCUT2D eigenvalue weighted by Gasteiger charge is -2.18. The molecule has 0 amide bonds. The molecule has 2 heterocycles. The van der Waals surface area contributed by atoms with Crippen molar-refractivity contribution in [1.29, 1.82) is 0 Å². The van der Waals surface area contributed by atoms with Crippen LogP contribution in [0.3, 0.4) is 0 Å². The number of rotatable bonds is 3. The fourth-order valence-corrected chi connectivity index (χ4v) is 8.92. The van der Waals surface area contributed by atoms with Crippen molar-refractivity contribution in [3.63, 3.8) is 0 Å². The van der Waals surface area contributed by atoms with Gasteiger partial charge in [-0.25, -0.2) is 0 Å². The monoisotopic (exact) mass is 686 g/mol. The van der Waals surface area contributed by atoms with Gasteiger partial charge >= 0.3 is 0 Å². The Morgan fingerprint density at radius 3 is 1.43 bits per heavy atom. The standard InChI is InChI=1S/C52H30O2/c1-2-10-35-29-37(22-19-31(35)9-1)49-41-14-5-3-12-39(41)48(40-13-4-6-15-42(40)49)33-20-17-32(18-21-33)36-25-28-47-45(30-36)44-27-24-34-23-26-43-38-11-7-8-16-46(38)53-51(43)50(34)52(44)54-47/h1-30H. The van der Waals surface area contributed by atoms with E-state index in [0.717, 1.165) is 65.8 Å². The van der Waals surface area contributed by atoms with Crippen LogP contribution in [0.2, 0.25) is 0 Å². The summed E-state index contributed by atoms with van der Waals surface area (Å²) < 4.78 is 13.1. The van der Waals surface area contributed by atoms with E-state index in [1.54, 1.807) is 0 Å². The third kappa shape index (κ3) is 4.22. The van der Waals surface area contributed by atoms with E-state index in [1.165, 1.54) is 54.6 Å². The zero-order valence-electron chi connectivity index (χ0n) is 29.1. The van der Waals surface area contributed by atoms with Gasteiger partial charge in [-0.1, -0.05) is 146 Å². The van der Waals surface area contributed by atoms with Crippen LogP contribution in [0.5, 0.6) is 0 Å². The van der Waals surface area contributed by atoms with Crippen LogP contribution in [0, 0.1) is 0 Å². The van der Waals surface area contributed by atoms with Crippen LogP contribution < -0.4 is 0 Å². The molecular formula is C52H30O2. The predicted octanol–water partition coefficient (Wildman–Crippen LogP) is 15.1. The molecule has 0 N–H and O–H groups in total. The second-order valence-corrected chi connectivity index (χ2v) is 14.4. The van der Waals surface area contributed by atoms with Gasteiger partial charge in [-0.05, 0) is 107 Å². The van der Waals surface area contributed by atoms with Crippen molar-refractivity contribution < 1.29 is 8.83 Å². The Morgan fingerprint density at radius 2 is 0.741 bits per heavy atom. The molecule has 10 aromatic carbocycles. The molecule has 0 saturated heterocycles. The van der Waals surface area contributed by atoms with Crippen LogP contribution in [-0.4, -0.2) is 0 Å². The molecule has 0 spiro atoms. The fraction of sp³-hybridized carbons (Fsp3) is 0. The Kier molecular flexibility index (Phi) is 6.09.